The highest BCUT2D eigenvalue weighted by molar-refractivity contribution is 9.10. The van der Waals surface area contributed by atoms with Gasteiger partial charge in [0.05, 0.1) is 19.8 Å². The van der Waals surface area contributed by atoms with Gasteiger partial charge in [-0.15, -0.1) is 11.3 Å². The number of carbonyl (C=O) groups excluding carboxylic acids is 1. The zero-order valence-electron chi connectivity index (χ0n) is 13.8. The second-order valence-electron chi connectivity index (χ2n) is 5.67. The maximum absolute atomic E-state index is 12.8. The molecular formula is C18H21BrN2O3S. The summed E-state index contributed by atoms with van der Waals surface area (Å²) in [5.41, 5.74) is 0. The topological polar surface area (TPSA) is 50.8 Å². The van der Waals surface area contributed by atoms with Gasteiger partial charge in [-0.25, -0.2) is 0 Å². The number of carbonyl (C=O) groups is 1. The first-order valence-electron chi connectivity index (χ1n) is 8.25. The van der Waals surface area contributed by atoms with Crippen molar-refractivity contribution < 1.29 is 14.3 Å². The van der Waals surface area contributed by atoms with Crippen LogP contribution in [0.25, 0.3) is 0 Å². The molecule has 134 valence electrons. The Kier molecular flexibility index (Phi) is 6.86. The van der Waals surface area contributed by atoms with Gasteiger partial charge in [-0.2, -0.15) is 0 Å². The van der Waals surface area contributed by atoms with E-state index < -0.39 is 0 Å². The second kappa shape index (κ2) is 9.33. The molecule has 7 heteroatoms. The number of hydrogen-bond donors (Lipinski definition) is 1. The molecule has 2 aromatic rings. The third-order valence-electron chi connectivity index (χ3n) is 3.93. The molecule has 1 fully saturated rings. The maximum Gasteiger partial charge on any atom is 0.242 e. The van der Waals surface area contributed by atoms with Gasteiger partial charge in [0.1, 0.15) is 18.4 Å². The molecule has 0 spiro atoms. The monoisotopic (exact) mass is 424 g/mol. The summed E-state index contributed by atoms with van der Waals surface area (Å²) in [5.74, 6) is 0.816. The van der Waals surface area contributed by atoms with E-state index in [-0.39, 0.29) is 11.9 Å². The molecule has 1 atom stereocenters. The zero-order chi connectivity index (χ0) is 17.5. The van der Waals surface area contributed by atoms with Crippen molar-refractivity contribution in [2.24, 2.45) is 0 Å². The molecule has 5 nitrogen and oxygen atoms in total. The molecule has 1 amide bonds. The summed E-state index contributed by atoms with van der Waals surface area (Å²) in [6, 6.07) is 11.3. The number of thiophene rings is 1. The van der Waals surface area contributed by atoms with Crippen LogP contribution in [-0.2, 0) is 9.53 Å². The quantitative estimate of drug-likeness (QED) is 0.693. The van der Waals surface area contributed by atoms with Crippen LogP contribution < -0.4 is 10.1 Å². The van der Waals surface area contributed by atoms with E-state index in [0.717, 1.165) is 28.2 Å². The zero-order valence-corrected chi connectivity index (χ0v) is 16.2. The summed E-state index contributed by atoms with van der Waals surface area (Å²) in [6.45, 7) is 3.75. The van der Waals surface area contributed by atoms with E-state index in [4.69, 9.17) is 9.47 Å². The van der Waals surface area contributed by atoms with E-state index in [0.29, 0.717) is 26.4 Å². The first-order valence-corrected chi connectivity index (χ1v) is 9.92. The largest absolute Gasteiger partial charge is 0.492 e. The van der Waals surface area contributed by atoms with Crippen LogP contribution in [0.3, 0.4) is 0 Å². The lowest BCUT2D eigenvalue weighted by atomic mass is 10.1. The molecule has 1 unspecified atom stereocenters. The average Bonchev–Trinajstić information content (AvgIpc) is 3.07. The first-order chi connectivity index (χ1) is 12.2. The highest BCUT2D eigenvalue weighted by Crippen LogP contribution is 2.30. The molecule has 1 aromatic carbocycles. The molecule has 1 N–H and O–H groups in total. The molecule has 2 heterocycles. The lowest BCUT2D eigenvalue weighted by Crippen LogP contribution is -2.46. The van der Waals surface area contributed by atoms with Crippen molar-refractivity contribution in [3.05, 3.63) is 51.1 Å². The van der Waals surface area contributed by atoms with E-state index in [1.165, 1.54) is 0 Å². The minimum absolute atomic E-state index is 0.00733. The SMILES string of the molecule is O=C(NCCOc1ccccc1)C(c1cc(Br)cs1)N1CCOCC1. The summed E-state index contributed by atoms with van der Waals surface area (Å²) >= 11 is 5.07. The third kappa shape index (κ3) is 5.28. The van der Waals surface area contributed by atoms with Gasteiger partial charge in [-0.1, -0.05) is 18.2 Å². The lowest BCUT2D eigenvalue weighted by Gasteiger charge is -2.33. The lowest BCUT2D eigenvalue weighted by molar-refractivity contribution is -0.128. The molecule has 1 aliphatic rings. The molecule has 0 saturated carbocycles. The van der Waals surface area contributed by atoms with Crippen LogP contribution >= 0.6 is 27.3 Å². The van der Waals surface area contributed by atoms with E-state index in [2.05, 4.69) is 26.1 Å². The highest BCUT2D eigenvalue weighted by atomic mass is 79.9. The van der Waals surface area contributed by atoms with Crippen LogP contribution in [0.5, 0.6) is 5.75 Å². The molecule has 0 radical (unpaired) electrons. The number of hydrogen-bond acceptors (Lipinski definition) is 5. The van der Waals surface area contributed by atoms with Gasteiger partial charge >= 0.3 is 0 Å². The van der Waals surface area contributed by atoms with Gasteiger partial charge in [0, 0.05) is 27.8 Å². The Labute approximate surface area is 160 Å². The number of para-hydroxylation sites is 1. The van der Waals surface area contributed by atoms with Gasteiger partial charge in [-0.3, -0.25) is 9.69 Å². The fourth-order valence-electron chi connectivity index (χ4n) is 2.74. The van der Waals surface area contributed by atoms with Crippen LogP contribution in [0.1, 0.15) is 10.9 Å². The van der Waals surface area contributed by atoms with Gasteiger partial charge in [0.2, 0.25) is 5.91 Å². The Hall–Kier alpha value is -1.41. The molecule has 1 saturated heterocycles. The summed E-state index contributed by atoms with van der Waals surface area (Å²) in [6.07, 6.45) is 0. The van der Waals surface area contributed by atoms with Crippen molar-refractivity contribution in [2.45, 2.75) is 6.04 Å². The molecular weight excluding hydrogens is 404 g/mol. The standard InChI is InChI=1S/C18H21BrN2O3S/c19-14-12-16(25-13-14)17(21-7-10-23-11-8-21)18(22)20-6-9-24-15-4-2-1-3-5-15/h1-5,12-13,17H,6-11H2,(H,20,22). The number of nitrogens with one attached hydrogen (secondary N) is 1. The number of benzene rings is 1. The van der Waals surface area contributed by atoms with Crippen molar-refractivity contribution >= 4 is 33.2 Å². The molecule has 25 heavy (non-hydrogen) atoms. The number of ether oxygens (including phenoxy) is 2. The minimum Gasteiger partial charge on any atom is -0.492 e. The summed E-state index contributed by atoms with van der Waals surface area (Å²) in [7, 11) is 0. The van der Waals surface area contributed by atoms with Crippen LogP contribution in [0.4, 0.5) is 0 Å². The number of nitrogens with zero attached hydrogens (tertiary/aromatic N) is 1. The van der Waals surface area contributed by atoms with Gasteiger partial charge in [0.25, 0.3) is 0 Å². The van der Waals surface area contributed by atoms with E-state index in [9.17, 15) is 4.79 Å². The van der Waals surface area contributed by atoms with E-state index >= 15 is 0 Å². The van der Waals surface area contributed by atoms with E-state index in [1.807, 2.05) is 41.8 Å². The third-order valence-corrected chi connectivity index (χ3v) is 5.68. The molecule has 1 aliphatic heterocycles. The van der Waals surface area contributed by atoms with Crippen molar-refractivity contribution in [2.75, 3.05) is 39.5 Å². The Balaban J connectivity index is 1.57. The normalized spacial score (nSPS) is 16.4. The predicted molar refractivity (Wildman–Crippen MR) is 102 cm³/mol. The van der Waals surface area contributed by atoms with Gasteiger partial charge in [0.15, 0.2) is 0 Å². The summed E-state index contributed by atoms with van der Waals surface area (Å²) < 4.78 is 12.1. The predicted octanol–water partition coefficient (Wildman–Crippen LogP) is 3.08. The molecule has 1 aromatic heterocycles. The van der Waals surface area contributed by atoms with Gasteiger partial charge < -0.3 is 14.8 Å². The van der Waals surface area contributed by atoms with Crippen LogP contribution in [0.2, 0.25) is 0 Å². The number of rotatable bonds is 7. The van der Waals surface area contributed by atoms with Crippen LogP contribution in [-0.4, -0.2) is 50.3 Å². The molecule has 3 rings (SSSR count). The van der Waals surface area contributed by atoms with Crippen LogP contribution in [0.15, 0.2) is 46.3 Å². The smallest absolute Gasteiger partial charge is 0.242 e. The maximum atomic E-state index is 12.8. The Morgan fingerprint density at radius 2 is 2.08 bits per heavy atom. The van der Waals surface area contributed by atoms with Gasteiger partial charge in [-0.05, 0) is 34.1 Å². The van der Waals surface area contributed by atoms with Crippen molar-refractivity contribution in [1.82, 2.24) is 10.2 Å². The number of morpholine rings is 1. The minimum atomic E-state index is -0.281. The fraction of sp³-hybridized carbons (Fsp3) is 0.389. The Bertz CT molecular complexity index is 674. The van der Waals surface area contributed by atoms with Crippen molar-refractivity contribution in [3.8, 4) is 5.75 Å². The van der Waals surface area contributed by atoms with Crippen LogP contribution in [0, 0.1) is 0 Å². The Morgan fingerprint density at radius 3 is 2.76 bits per heavy atom. The molecule has 0 bridgehead atoms. The average molecular weight is 425 g/mol. The second-order valence-corrected chi connectivity index (χ2v) is 7.53. The fourth-order valence-corrected chi connectivity index (χ4v) is 4.31. The van der Waals surface area contributed by atoms with E-state index in [1.54, 1.807) is 11.3 Å². The summed E-state index contributed by atoms with van der Waals surface area (Å²) in [5, 5.41) is 5.01. The Morgan fingerprint density at radius 1 is 1.32 bits per heavy atom. The number of halogens is 1. The highest BCUT2D eigenvalue weighted by Gasteiger charge is 2.30. The molecule has 0 aliphatic carbocycles. The first kappa shape index (κ1) is 18.4. The number of amides is 1. The van der Waals surface area contributed by atoms with Crippen molar-refractivity contribution in [1.29, 1.82) is 0 Å². The van der Waals surface area contributed by atoms with Crippen molar-refractivity contribution in [3.63, 3.8) is 0 Å². The summed E-state index contributed by atoms with van der Waals surface area (Å²) in [4.78, 5) is 16.0.